The summed E-state index contributed by atoms with van der Waals surface area (Å²) in [6, 6.07) is 7.04. The van der Waals surface area contributed by atoms with Gasteiger partial charge >= 0.3 is 5.63 Å². The highest BCUT2D eigenvalue weighted by Crippen LogP contribution is 2.22. The molecule has 0 fully saturated rings. The normalized spacial score (nSPS) is 13.8. The van der Waals surface area contributed by atoms with E-state index >= 15 is 0 Å². The number of fused-ring (bicyclic) bond motifs is 2. The number of hydrogen-bond donors (Lipinski definition) is 0. The molecule has 0 unspecified atom stereocenters. The van der Waals surface area contributed by atoms with Gasteiger partial charge in [-0.2, -0.15) is 5.10 Å². The first-order chi connectivity index (χ1) is 12.0. The summed E-state index contributed by atoms with van der Waals surface area (Å²) in [4.78, 5) is 24.4. The molecule has 0 bridgehead atoms. The fourth-order valence-corrected chi connectivity index (χ4v) is 3.49. The molecule has 0 saturated carbocycles. The summed E-state index contributed by atoms with van der Waals surface area (Å²) in [6.07, 6.45) is 4.05. The maximum Gasteiger partial charge on any atom is 0.336 e. The Morgan fingerprint density at radius 1 is 1.04 bits per heavy atom. The summed E-state index contributed by atoms with van der Waals surface area (Å²) in [5, 5.41) is 5.41. The zero-order valence-electron chi connectivity index (χ0n) is 14.5. The Labute approximate surface area is 144 Å². The predicted octanol–water partition coefficient (Wildman–Crippen LogP) is 2.89. The molecule has 4 rings (SSSR count). The summed E-state index contributed by atoms with van der Waals surface area (Å²) in [5.74, 6) is 0. The van der Waals surface area contributed by atoms with Gasteiger partial charge in [-0.3, -0.25) is 4.79 Å². The minimum atomic E-state index is -0.406. The molecule has 2 heterocycles. The molecule has 0 saturated heterocycles. The molecule has 2 aromatic heterocycles. The third kappa shape index (κ3) is 2.90. The minimum Gasteiger partial charge on any atom is -0.423 e. The number of benzene rings is 1. The number of rotatable bonds is 2. The minimum absolute atomic E-state index is 0.120. The van der Waals surface area contributed by atoms with Crippen LogP contribution in [0.4, 0.5) is 0 Å². The van der Waals surface area contributed by atoms with Gasteiger partial charge in [0.25, 0.3) is 5.56 Å². The summed E-state index contributed by atoms with van der Waals surface area (Å²) in [5.41, 5.74) is 5.05. The summed E-state index contributed by atoms with van der Waals surface area (Å²) in [7, 11) is 0. The van der Waals surface area contributed by atoms with Gasteiger partial charge in [0, 0.05) is 17.5 Å². The Bertz CT molecular complexity index is 1090. The number of aryl methyl sites for hydroxylation is 4. The summed E-state index contributed by atoms with van der Waals surface area (Å²) in [6.45, 7) is 4.28. The van der Waals surface area contributed by atoms with Crippen molar-refractivity contribution in [2.24, 2.45) is 0 Å². The Kier molecular flexibility index (Phi) is 3.79. The van der Waals surface area contributed by atoms with Gasteiger partial charge in [-0.15, -0.1) is 0 Å². The molecule has 1 aromatic carbocycles. The molecule has 128 valence electrons. The Balaban J connectivity index is 1.85. The fraction of sp³-hybridized carbons (Fsp3) is 0.350. The molecule has 1 aliphatic rings. The predicted molar refractivity (Wildman–Crippen MR) is 96.2 cm³/mol. The van der Waals surface area contributed by atoms with Crippen LogP contribution in [-0.4, -0.2) is 9.78 Å². The van der Waals surface area contributed by atoms with E-state index in [2.05, 4.69) is 5.10 Å². The van der Waals surface area contributed by atoms with Crippen LogP contribution >= 0.6 is 0 Å². The quantitative estimate of drug-likeness (QED) is 0.675. The highest BCUT2D eigenvalue weighted by Gasteiger charge is 2.15. The van der Waals surface area contributed by atoms with Gasteiger partial charge in [0.2, 0.25) is 0 Å². The van der Waals surface area contributed by atoms with Gasteiger partial charge in [-0.25, -0.2) is 9.48 Å². The van der Waals surface area contributed by atoms with Crippen LogP contribution in [0.3, 0.4) is 0 Å². The lowest BCUT2D eigenvalue weighted by molar-refractivity contribution is 0.549. The Morgan fingerprint density at radius 3 is 2.64 bits per heavy atom. The number of nitrogens with zero attached hydrogens (tertiary/aromatic N) is 2. The summed E-state index contributed by atoms with van der Waals surface area (Å²) >= 11 is 0. The van der Waals surface area contributed by atoms with Gasteiger partial charge < -0.3 is 4.42 Å². The van der Waals surface area contributed by atoms with Crippen LogP contribution in [0.1, 0.15) is 40.8 Å². The fourth-order valence-electron chi connectivity index (χ4n) is 3.49. The van der Waals surface area contributed by atoms with Gasteiger partial charge in [0.15, 0.2) is 0 Å². The second kappa shape index (κ2) is 5.99. The molecular formula is C20H20N2O3. The first-order valence-corrected chi connectivity index (χ1v) is 8.65. The summed E-state index contributed by atoms with van der Waals surface area (Å²) < 4.78 is 6.80. The maximum atomic E-state index is 12.4. The molecule has 0 atom stereocenters. The van der Waals surface area contributed by atoms with E-state index in [0.29, 0.717) is 5.58 Å². The number of hydrogen-bond acceptors (Lipinski definition) is 4. The van der Waals surface area contributed by atoms with Crippen LogP contribution in [0, 0.1) is 13.8 Å². The molecular weight excluding hydrogens is 316 g/mol. The molecule has 1 aliphatic carbocycles. The van der Waals surface area contributed by atoms with Crippen molar-refractivity contribution in [2.45, 2.75) is 46.1 Å². The van der Waals surface area contributed by atoms with Crippen LogP contribution in [0.2, 0.25) is 0 Å². The van der Waals surface area contributed by atoms with Crippen molar-refractivity contribution in [2.75, 3.05) is 0 Å². The average Bonchev–Trinajstić information content (AvgIpc) is 2.57. The molecule has 0 aliphatic heterocycles. The molecule has 3 aromatic rings. The van der Waals surface area contributed by atoms with Gasteiger partial charge in [-0.1, -0.05) is 0 Å². The second-order valence-corrected chi connectivity index (χ2v) is 6.84. The van der Waals surface area contributed by atoms with Gasteiger partial charge in [-0.05, 0) is 73.9 Å². The zero-order valence-corrected chi connectivity index (χ0v) is 14.5. The third-order valence-electron chi connectivity index (χ3n) is 5.04. The smallest absolute Gasteiger partial charge is 0.336 e. The van der Waals surface area contributed by atoms with Crippen LogP contribution in [-0.2, 0) is 19.4 Å². The first kappa shape index (κ1) is 15.8. The van der Waals surface area contributed by atoms with Crippen molar-refractivity contribution in [3.63, 3.8) is 0 Å². The zero-order chi connectivity index (χ0) is 17.6. The molecule has 5 nitrogen and oxygen atoms in total. The van der Waals surface area contributed by atoms with Crippen LogP contribution < -0.4 is 11.2 Å². The van der Waals surface area contributed by atoms with Crippen molar-refractivity contribution in [3.05, 3.63) is 73.0 Å². The molecule has 0 spiro atoms. The highest BCUT2D eigenvalue weighted by atomic mass is 16.4. The van der Waals surface area contributed by atoms with E-state index in [1.807, 2.05) is 26.0 Å². The average molecular weight is 336 g/mol. The second-order valence-electron chi connectivity index (χ2n) is 6.84. The first-order valence-electron chi connectivity index (χ1n) is 8.65. The molecule has 0 radical (unpaired) electrons. The number of aromatic nitrogens is 2. The van der Waals surface area contributed by atoms with Crippen molar-refractivity contribution in [3.8, 4) is 0 Å². The molecule has 0 N–H and O–H groups in total. The lowest BCUT2D eigenvalue weighted by atomic mass is 9.97. The van der Waals surface area contributed by atoms with Crippen LogP contribution in [0.25, 0.3) is 11.0 Å². The largest absolute Gasteiger partial charge is 0.423 e. The third-order valence-corrected chi connectivity index (χ3v) is 5.04. The van der Waals surface area contributed by atoms with Crippen molar-refractivity contribution >= 4 is 11.0 Å². The lowest BCUT2D eigenvalue weighted by Crippen LogP contribution is -2.27. The SMILES string of the molecule is Cc1cc2oc(=O)cc(Cn3nc4c(cc3=O)CCCC4)c2cc1C. The van der Waals surface area contributed by atoms with Crippen molar-refractivity contribution < 1.29 is 4.42 Å². The Morgan fingerprint density at radius 2 is 1.80 bits per heavy atom. The van der Waals surface area contributed by atoms with E-state index < -0.39 is 5.63 Å². The van der Waals surface area contributed by atoms with E-state index in [9.17, 15) is 9.59 Å². The molecule has 5 heteroatoms. The van der Waals surface area contributed by atoms with Gasteiger partial charge in [0.05, 0.1) is 12.2 Å². The van der Waals surface area contributed by atoms with E-state index in [1.54, 1.807) is 6.07 Å². The lowest BCUT2D eigenvalue weighted by Gasteiger charge is -2.16. The highest BCUT2D eigenvalue weighted by molar-refractivity contribution is 5.81. The standard InChI is InChI=1S/C20H20N2O3/c1-12-7-16-15(10-20(24)25-18(16)8-13(12)2)11-22-19(23)9-14-5-3-4-6-17(14)21-22/h7-10H,3-6,11H2,1-2H3. The van der Waals surface area contributed by atoms with Crippen molar-refractivity contribution in [1.82, 2.24) is 9.78 Å². The molecule has 25 heavy (non-hydrogen) atoms. The van der Waals surface area contributed by atoms with E-state index in [1.165, 1.54) is 10.7 Å². The maximum absolute atomic E-state index is 12.4. The monoisotopic (exact) mass is 336 g/mol. The van der Waals surface area contributed by atoms with Gasteiger partial charge in [0.1, 0.15) is 5.58 Å². The van der Waals surface area contributed by atoms with Crippen LogP contribution in [0.15, 0.2) is 38.3 Å². The van der Waals surface area contributed by atoms with E-state index in [4.69, 9.17) is 4.42 Å². The van der Waals surface area contributed by atoms with E-state index in [0.717, 1.165) is 59.0 Å². The Hall–Kier alpha value is -2.69. The van der Waals surface area contributed by atoms with E-state index in [-0.39, 0.29) is 12.1 Å². The van der Waals surface area contributed by atoms with Crippen LogP contribution in [0.5, 0.6) is 0 Å². The molecule has 0 amide bonds. The topological polar surface area (TPSA) is 65.1 Å². The van der Waals surface area contributed by atoms with Crippen molar-refractivity contribution in [1.29, 1.82) is 0 Å².